The molecule has 0 aromatic heterocycles. The first-order valence-corrected chi connectivity index (χ1v) is 9.97. The largest absolute Gasteiger partial charge is 0.490 e. The van der Waals surface area contributed by atoms with Crippen molar-refractivity contribution in [2.45, 2.75) is 40.0 Å². The van der Waals surface area contributed by atoms with E-state index in [1.54, 1.807) is 18.2 Å². The molecule has 29 heavy (non-hydrogen) atoms. The molecular weight excluding hydrogens is 420 g/mol. The Hall–Kier alpha value is -2.02. The number of ether oxygens (including phenoxy) is 2. The minimum absolute atomic E-state index is 0.0893. The van der Waals surface area contributed by atoms with E-state index in [1.807, 2.05) is 20.8 Å². The van der Waals surface area contributed by atoms with E-state index in [0.29, 0.717) is 28.7 Å². The molecule has 0 spiro atoms. The fourth-order valence-electron chi connectivity index (χ4n) is 2.74. The van der Waals surface area contributed by atoms with Gasteiger partial charge >= 0.3 is 5.97 Å². The first kappa shape index (κ1) is 23.3. The molecule has 0 fully saturated rings. The summed E-state index contributed by atoms with van der Waals surface area (Å²) >= 11 is 12.4. The second kappa shape index (κ2) is 10.7. The Bertz CT molecular complexity index is 841. The van der Waals surface area contributed by atoms with Gasteiger partial charge in [0.05, 0.1) is 11.6 Å². The maximum Gasteiger partial charge on any atom is 0.320 e. The summed E-state index contributed by atoms with van der Waals surface area (Å²) in [4.78, 5) is 11.4. The molecule has 2 aromatic carbocycles. The molecule has 0 aliphatic carbocycles. The van der Waals surface area contributed by atoms with Gasteiger partial charge in [-0.25, -0.2) is 4.39 Å². The number of halogens is 3. The topological polar surface area (TPSA) is 67.8 Å². The summed E-state index contributed by atoms with van der Waals surface area (Å²) in [6.07, 6.45) is 0. The smallest absolute Gasteiger partial charge is 0.320 e. The van der Waals surface area contributed by atoms with Gasteiger partial charge in [-0.3, -0.25) is 4.79 Å². The van der Waals surface area contributed by atoms with Crippen molar-refractivity contribution in [2.75, 3.05) is 6.61 Å². The van der Waals surface area contributed by atoms with Crippen LogP contribution in [0, 0.1) is 11.7 Å². The highest BCUT2D eigenvalue weighted by atomic mass is 35.5. The van der Waals surface area contributed by atoms with Crippen LogP contribution in [0.3, 0.4) is 0 Å². The number of benzene rings is 2. The molecule has 1 unspecified atom stereocenters. The Morgan fingerprint density at radius 1 is 1.17 bits per heavy atom. The van der Waals surface area contributed by atoms with Crippen LogP contribution in [0.25, 0.3) is 0 Å². The molecule has 0 saturated heterocycles. The van der Waals surface area contributed by atoms with E-state index in [0.717, 1.165) is 0 Å². The van der Waals surface area contributed by atoms with Crippen LogP contribution in [0.15, 0.2) is 30.3 Å². The van der Waals surface area contributed by atoms with E-state index in [-0.39, 0.29) is 29.7 Å². The first-order valence-electron chi connectivity index (χ1n) is 9.21. The molecule has 0 amide bonds. The molecule has 5 nitrogen and oxygen atoms in total. The highest BCUT2D eigenvalue weighted by molar-refractivity contribution is 6.31. The van der Waals surface area contributed by atoms with Gasteiger partial charge in [-0.2, -0.15) is 0 Å². The molecule has 0 aliphatic heterocycles. The van der Waals surface area contributed by atoms with E-state index in [2.05, 4.69) is 5.32 Å². The minimum atomic E-state index is -0.928. The highest BCUT2D eigenvalue weighted by Gasteiger charge is 2.21. The summed E-state index contributed by atoms with van der Waals surface area (Å²) < 4.78 is 25.3. The molecule has 8 heteroatoms. The third kappa shape index (κ3) is 6.23. The molecule has 1 atom stereocenters. The van der Waals surface area contributed by atoms with Crippen LogP contribution >= 0.6 is 23.2 Å². The van der Waals surface area contributed by atoms with Crippen LogP contribution in [0.5, 0.6) is 11.5 Å². The van der Waals surface area contributed by atoms with Gasteiger partial charge < -0.3 is 19.9 Å². The van der Waals surface area contributed by atoms with Crippen molar-refractivity contribution >= 4 is 29.2 Å². The van der Waals surface area contributed by atoms with Crippen molar-refractivity contribution in [2.24, 2.45) is 5.92 Å². The normalized spacial score (nSPS) is 12.1. The predicted molar refractivity (Wildman–Crippen MR) is 111 cm³/mol. The quantitative estimate of drug-likeness (QED) is 0.520. The van der Waals surface area contributed by atoms with Crippen molar-refractivity contribution in [1.82, 2.24) is 5.32 Å². The second-order valence-electron chi connectivity index (χ2n) is 6.75. The molecule has 2 aromatic rings. The van der Waals surface area contributed by atoms with Crippen molar-refractivity contribution in [1.29, 1.82) is 0 Å². The monoisotopic (exact) mass is 443 g/mol. The third-order valence-electron chi connectivity index (χ3n) is 4.29. The fourth-order valence-corrected chi connectivity index (χ4v) is 3.18. The summed E-state index contributed by atoms with van der Waals surface area (Å²) in [5, 5.41) is 13.0. The number of hydrogen-bond donors (Lipinski definition) is 2. The van der Waals surface area contributed by atoms with Gasteiger partial charge in [0.15, 0.2) is 11.5 Å². The van der Waals surface area contributed by atoms with Gasteiger partial charge in [0, 0.05) is 23.2 Å². The highest BCUT2D eigenvalue weighted by Crippen LogP contribution is 2.35. The zero-order valence-corrected chi connectivity index (χ0v) is 18.0. The van der Waals surface area contributed by atoms with E-state index < -0.39 is 17.8 Å². The first-order chi connectivity index (χ1) is 13.7. The number of carboxylic acid groups (broad SMARTS) is 1. The predicted octanol–water partition coefficient (Wildman–Crippen LogP) is 5.31. The summed E-state index contributed by atoms with van der Waals surface area (Å²) in [5.74, 6) is -0.708. The third-order valence-corrected chi connectivity index (χ3v) is 5.00. The molecule has 2 rings (SSSR count). The fraction of sp³-hybridized carbons (Fsp3) is 0.381. The lowest BCUT2D eigenvalue weighted by atomic mass is 10.0. The average Bonchev–Trinajstić information content (AvgIpc) is 2.64. The van der Waals surface area contributed by atoms with Crippen LogP contribution in [-0.4, -0.2) is 23.7 Å². The standard InChI is InChI=1S/C21H24Cl2FNO4/c1-4-28-18-8-13(10-25-20(12(2)3)21(26)27)16(23)9-19(18)29-11-14-15(22)6-5-7-17(14)24/h5-9,12,20,25H,4,10-11H2,1-3H3,(H,26,27). The van der Waals surface area contributed by atoms with Gasteiger partial charge in [-0.05, 0) is 36.6 Å². The summed E-state index contributed by atoms with van der Waals surface area (Å²) in [6.45, 7) is 6.01. The van der Waals surface area contributed by atoms with Crippen LogP contribution in [-0.2, 0) is 17.9 Å². The molecule has 0 radical (unpaired) electrons. The average molecular weight is 444 g/mol. The van der Waals surface area contributed by atoms with E-state index in [9.17, 15) is 14.3 Å². The second-order valence-corrected chi connectivity index (χ2v) is 7.57. The Labute approximate surface area is 179 Å². The van der Waals surface area contributed by atoms with Gasteiger partial charge in [0.1, 0.15) is 18.5 Å². The van der Waals surface area contributed by atoms with E-state index in [4.69, 9.17) is 32.7 Å². The Morgan fingerprint density at radius 2 is 1.86 bits per heavy atom. The Kier molecular flexibility index (Phi) is 8.56. The van der Waals surface area contributed by atoms with E-state index in [1.165, 1.54) is 12.1 Å². The molecular formula is C21H24Cl2FNO4. The maximum absolute atomic E-state index is 14.0. The van der Waals surface area contributed by atoms with Crippen molar-refractivity contribution in [3.63, 3.8) is 0 Å². The Morgan fingerprint density at radius 3 is 2.45 bits per heavy atom. The van der Waals surface area contributed by atoms with Crippen molar-refractivity contribution in [3.05, 3.63) is 57.3 Å². The van der Waals surface area contributed by atoms with Crippen LogP contribution < -0.4 is 14.8 Å². The number of hydrogen-bond acceptors (Lipinski definition) is 4. The number of carbonyl (C=O) groups is 1. The van der Waals surface area contributed by atoms with Gasteiger partial charge in [0.25, 0.3) is 0 Å². The summed E-state index contributed by atoms with van der Waals surface area (Å²) in [7, 11) is 0. The Balaban J connectivity index is 2.21. The number of nitrogens with one attached hydrogen (secondary N) is 1. The van der Waals surface area contributed by atoms with Crippen molar-refractivity contribution < 1.29 is 23.8 Å². The lowest BCUT2D eigenvalue weighted by molar-refractivity contribution is -0.140. The molecule has 0 heterocycles. The zero-order chi connectivity index (χ0) is 21.6. The lowest BCUT2D eigenvalue weighted by Gasteiger charge is -2.20. The minimum Gasteiger partial charge on any atom is -0.490 e. The molecule has 0 saturated carbocycles. The molecule has 0 aliphatic rings. The SMILES string of the molecule is CCOc1cc(CNC(C(=O)O)C(C)C)c(Cl)cc1OCc1c(F)cccc1Cl. The number of carboxylic acids is 1. The zero-order valence-electron chi connectivity index (χ0n) is 16.5. The molecule has 158 valence electrons. The number of rotatable bonds is 10. The molecule has 2 N–H and O–H groups in total. The van der Waals surface area contributed by atoms with Crippen molar-refractivity contribution in [3.8, 4) is 11.5 Å². The van der Waals surface area contributed by atoms with Gasteiger partial charge in [-0.1, -0.05) is 43.1 Å². The molecule has 0 bridgehead atoms. The van der Waals surface area contributed by atoms with Crippen LogP contribution in [0.1, 0.15) is 31.9 Å². The van der Waals surface area contributed by atoms with Gasteiger partial charge in [0.2, 0.25) is 0 Å². The lowest BCUT2D eigenvalue weighted by Crippen LogP contribution is -2.40. The van der Waals surface area contributed by atoms with Crippen LogP contribution in [0.4, 0.5) is 4.39 Å². The maximum atomic E-state index is 14.0. The summed E-state index contributed by atoms with van der Waals surface area (Å²) in [6, 6.07) is 6.97. The number of aliphatic carboxylic acids is 1. The summed E-state index contributed by atoms with van der Waals surface area (Å²) in [5.41, 5.74) is 0.901. The van der Waals surface area contributed by atoms with Crippen LogP contribution in [0.2, 0.25) is 10.0 Å². The van der Waals surface area contributed by atoms with Gasteiger partial charge in [-0.15, -0.1) is 0 Å². The van der Waals surface area contributed by atoms with E-state index >= 15 is 0 Å².